The topological polar surface area (TPSA) is 0 Å². The van der Waals surface area contributed by atoms with E-state index in [2.05, 4.69) is 182 Å². The van der Waals surface area contributed by atoms with Crippen LogP contribution in [-0.2, 0) is 0 Å². The second-order valence-corrected chi connectivity index (χ2v) is 12.1. The molecule has 0 amide bonds. The lowest BCUT2D eigenvalue weighted by Gasteiger charge is -2.19. The maximum Gasteiger partial charge on any atom is -0.00262 e. The van der Waals surface area contributed by atoms with Crippen molar-refractivity contribution in [1.29, 1.82) is 0 Å². The zero-order valence-electron chi connectivity index (χ0n) is 25.3. The Morgan fingerprint density at radius 1 is 0.217 bits per heavy atom. The summed E-state index contributed by atoms with van der Waals surface area (Å²) in [6.45, 7) is 0. The largest absolute Gasteiger partial charge is 0.0622 e. The van der Waals surface area contributed by atoms with Gasteiger partial charge in [-0.15, -0.1) is 0 Å². The van der Waals surface area contributed by atoms with Gasteiger partial charge >= 0.3 is 0 Å². The molecular weight excluding hydrogens is 553 g/mol. The van der Waals surface area contributed by atoms with Crippen LogP contribution in [0.5, 0.6) is 0 Å². The van der Waals surface area contributed by atoms with Crippen molar-refractivity contribution in [3.05, 3.63) is 182 Å². The highest BCUT2D eigenvalue weighted by atomic mass is 14.2. The van der Waals surface area contributed by atoms with E-state index in [0.717, 1.165) is 0 Å². The van der Waals surface area contributed by atoms with Crippen molar-refractivity contribution in [2.75, 3.05) is 0 Å². The van der Waals surface area contributed by atoms with Gasteiger partial charge in [0.05, 0.1) is 0 Å². The molecule has 0 heterocycles. The first-order valence-corrected chi connectivity index (χ1v) is 15.9. The van der Waals surface area contributed by atoms with Gasteiger partial charge < -0.3 is 0 Å². The maximum atomic E-state index is 2.41. The molecule has 46 heavy (non-hydrogen) atoms. The number of hydrogen-bond donors (Lipinski definition) is 0. The summed E-state index contributed by atoms with van der Waals surface area (Å²) in [4.78, 5) is 0. The van der Waals surface area contributed by atoms with E-state index in [1.807, 2.05) is 0 Å². The van der Waals surface area contributed by atoms with Crippen LogP contribution in [0.25, 0.3) is 87.6 Å². The third-order valence-corrected chi connectivity index (χ3v) is 9.42. The van der Waals surface area contributed by atoms with Gasteiger partial charge in [0.15, 0.2) is 0 Å². The Labute approximate surface area is 268 Å². The third-order valence-electron chi connectivity index (χ3n) is 9.42. The second-order valence-electron chi connectivity index (χ2n) is 12.1. The van der Waals surface area contributed by atoms with E-state index in [1.54, 1.807) is 0 Å². The smallest absolute Gasteiger partial charge is 0.00262 e. The van der Waals surface area contributed by atoms with E-state index < -0.39 is 0 Å². The van der Waals surface area contributed by atoms with E-state index in [9.17, 15) is 0 Å². The van der Waals surface area contributed by atoms with Crippen LogP contribution in [-0.4, -0.2) is 0 Å². The summed E-state index contributed by atoms with van der Waals surface area (Å²) < 4.78 is 0. The molecule has 9 aromatic carbocycles. The Kier molecular flexibility index (Phi) is 6.25. The Balaban J connectivity index is 1.30. The number of benzene rings is 9. The molecule has 0 heteroatoms. The molecule has 9 rings (SSSR count). The van der Waals surface area contributed by atoms with E-state index in [4.69, 9.17) is 0 Å². The van der Waals surface area contributed by atoms with Crippen LogP contribution in [0.4, 0.5) is 0 Å². The molecule has 214 valence electrons. The molecule has 0 spiro atoms. The van der Waals surface area contributed by atoms with E-state index in [0.29, 0.717) is 0 Å². The minimum absolute atomic E-state index is 1.21. The lowest BCUT2D eigenvalue weighted by atomic mass is 9.84. The van der Waals surface area contributed by atoms with Gasteiger partial charge in [0, 0.05) is 0 Å². The Morgan fingerprint density at radius 3 is 1.39 bits per heavy atom. The van der Waals surface area contributed by atoms with Gasteiger partial charge in [0.1, 0.15) is 0 Å². The second kappa shape index (κ2) is 10.9. The first-order valence-electron chi connectivity index (χ1n) is 15.9. The molecule has 9 aromatic rings. The maximum absolute atomic E-state index is 2.41. The van der Waals surface area contributed by atoms with Crippen molar-refractivity contribution in [3.8, 4) is 44.5 Å². The van der Waals surface area contributed by atoms with Gasteiger partial charge in [-0.05, 0) is 106 Å². The van der Waals surface area contributed by atoms with Crippen molar-refractivity contribution in [2.24, 2.45) is 0 Å². The molecule has 0 nitrogen and oxygen atoms in total. The molecule has 0 saturated heterocycles. The highest BCUT2D eigenvalue weighted by molar-refractivity contribution is 6.22. The average Bonchev–Trinajstić information content (AvgIpc) is 3.14. The lowest BCUT2D eigenvalue weighted by Crippen LogP contribution is -1.91. The van der Waals surface area contributed by atoms with Crippen LogP contribution in [0, 0.1) is 0 Å². The van der Waals surface area contributed by atoms with Crippen molar-refractivity contribution in [2.45, 2.75) is 0 Å². The Morgan fingerprint density at radius 2 is 0.696 bits per heavy atom. The summed E-state index contributed by atoms with van der Waals surface area (Å²) in [5, 5.41) is 10.2. The summed E-state index contributed by atoms with van der Waals surface area (Å²) in [5.41, 5.74) is 9.96. The fourth-order valence-electron chi connectivity index (χ4n) is 7.35. The summed E-state index contributed by atoms with van der Waals surface area (Å²) in [5.74, 6) is 0. The Hall–Kier alpha value is -5.98. The molecule has 0 bridgehead atoms. The molecule has 0 aromatic heterocycles. The van der Waals surface area contributed by atoms with Gasteiger partial charge in [-0.2, -0.15) is 0 Å². The quantitative estimate of drug-likeness (QED) is 0.143. The van der Waals surface area contributed by atoms with Gasteiger partial charge in [-0.3, -0.25) is 0 Å². The van der Waals surface area contributed by atoms with E-state index in [-0.39, 0.29) is 0 Å². The van der Waals surface area contributed by atoms with Crippen molar-refractivity contribution < 1.29 is 0 Å². The molecule has 0 N–H and O–H groups in total. The van der Waals surface area contributed by atoms with E-state index in [1.165, 1.54) is 87.6 Å². The summed E-state index contributed by atoms with van der Waals surface area (Å²) in [6.07, 6.45) is 0. The highest BCUT2D eigenvalue weighted by Gasteiger charge is 2.17. The van der Waals surface area contributed by atoms with Crippen LogP contribution < -0.4 is 0 Å². The minimum Gasteiger partial charge on any atom is -0.0622 e. The van der Waals surface area contributed by atoms with Gasteiger partial charge in [-0.25, -0.2) is 0 Å². The number of hydrogen-bond acceptors (Lipinski definition) is 0. The number of rotatable bonds is 4. The van der Waals surface area contributed by atoms with E-state index >= 15 is 0 Å². The number of fused-ring (bicyclic) bond motifs is 5. The van der Waals surface area contributed by atoms with Gasteiger partial charge in [-0.1, -0.05) is 164 Å². The van der Waals surface area contributed by atoms with Gasteiger partial charge in [0.2, 0.25) is 0 Å². The molecule has 0 atom stereocenters. The van der Waals surface area contributed by atoms with Crippen LogP contribution in [0.15, 0.2) is 182 Å². The van der Waals surface area contributed by atoms with Crippen LogP contribution in [0.2, 0.25) is 0 Å². The normalized spacial score (nSPS) is 11.5. The van der Waals surface area contributed by atoms with Crippen LogP contribution in [0.3, 0.4) is 0 Å². The fraction of sp³-hybridized carbons (Fsp3) is 0. The average molecular weight is 583 g/mol. The molecule has 0 fully saturated rings. The molecular formula is C46H30. The standard InChI is InChI=1S/C46H30/c1-3-14-31(15-4-1)45-40-24-11-12-25-41(40)46(32-16-5-2-6-17-32)44-29-34(26-27-42(44)45)33-19-13-20-35(28-33)43-30-36-18-7-8-21-37(36)38-22-9-10-23-39(38)43/h1-30H. The third kappa shape index (κ3) is 4.30. The zero-order chi connectivity index (χ0) is 30.5. The monoisotopic (exact) mass is 582 g/mol. The summed E-state index contributed by atoms with van der Waals surface area (Å²) in [7, 11) is 0. The fourth-order valence-corrected chi connectivity index (χ4v) is 7.35. The molecule has 0 aliphatic heterocycles. The molecule has 0 aliphatic carbocycles. The minimum atomic E-state index is 1.21. The van der Waals surface area contributed by atoms with Crippen molar-refractivity contribution in [1.82, 2.24) is 0 Å². The lowest BCUT2D eigenvalue weighted by molar-refractivity contribution is 1.62. The van der Waals surface area contributed by atoms with Crippen molar-refractivity contribution in [3.63, 3.8) is 0 Å². The first kappa shape index (κ1) is 26.4. The summed E-state index contributed by atoms with van der Waals surface area (Å²) in [6, 6.07) is 66.5. The first-order chi connectivity index (χ1) is 22.8. The summed E-state index contributed by atoms with van der Waals surface area (Å²) >= 11 is 0. The predicted molar refractivity (Wildman–Crippen MR) is 198 cm³/mol. The van der Waals surface area contributed by atoms with Gasteiger partial charge in [0.25, 0.3) is 0 Å². The highest BCUT2D eigenvalue weighted by Crippen LogP contribution is 2.45. The SMILES string of the molecule is c1ccc(-c2c3ccccc3c(-c3ccccc3)c3cc(-c4cccc(-c5cc6ccccc6c6ccccc56)c4)ccc23)cc1. The molecule has 0 aliphatic rings. The van der Waals surface area contributed by atoms with Crippen molar-refractivity contribution >= 4 is 43.1 Å². The van der Waals surface area contributed by atoms with Crippen LogP contribution in [0.1, 0.15) is 0 Å². The van der Waals surface area contributed by atoms with Crippen LogP contribution >= 0.6 is 0 Å². The predicted octanol–water partition coefficient (Wildman–Crippen LogP) is 13.0. The Bertz CT molecular complexity index is 2560. The molecule has 0 unspecified atom stereocenters. The molecule has 0 saturated carbocycles. The zero-order valence-corrected chi connectivity index (χ0v) is 25.3. The molecule has 0 radical (unpaired) electrons.